The predicted octanol–water partition coefficient (Wildman–Crippen LogP) is 3.35. The third-order valence-electron chi connectivity index (χ3n) is 3.12. The van der Waals surface area contributed by atoms with Crippen LogP contribution < -0.4 is 10.6 Å². The predicted molar refractivity (Wildman–Crippen MR) is 88.8 cm³/mol. The molecular formula is C17H19N3O3. The molecule has 2 rings (SSSR count). The summed E-state index contributed by atoms with van der Waals surface area (Å²) in [6.45, 7) is 1.94. The van der Waals surface area contributed by atoms with Crippen molar-refractivity contribution in [3.05, 3.63) is 48.2 Å². The zero-order chi connectivity index (χ0) is 16.7. The number of methoxy groups -OCH3 is 1. The van der Waals surface area contributed by atoms with E-state index in [2.05, 4.69) is 15.6 Å². The van der Waals surface area contributed by atoms with Gasteiger partial charge in [-0.3, -0.25) is 4.79 Å². The Hall–Kier alpha value is -2.89. The third kappa shape index (κ3) is 4.54. The lowest BCUT2D eigenvalue weighted by Crippen LogP contribution is -2.11. The van der Waals surface area contributed by atoms with Crippen LogP contribution in [0, 0.1) is 0 Å². The number of hydrogen-bond donors (Lipinski definition) is 2. The first kappa shape index (κ1) is 16.5. The van der Waals surface area contributed by atoms with Crippen molar-refractivity contribution in [1.82, 2.24) is 4.98 Å². The lowest BCUT2D eigenvalue weighted by Gasteiger charge is -2.11. The molecule has 0 saturated heterocycles. The summed E-state index contributed by atoms with van der Waals surface area (Å²) < 4.78 is 4.76. The Labute approximate surface area is 134 Å². The Balaban J connectivity index is 2.10. The number of pyridine rings is 1. The van der Waals surface area contributed by atoms with Gasteiger partial charge in [-0.05, 0) is 30.7 Å². The summed E-state index contributed by atoms with van der Waals surface area (Å²) in [5.74, 6) is 0.0245. The van der Waals surface area contributed by atoms with Crippen LogP contribution in [0.1, 0.15) is 30.1 Å². The van der Waals surface area contributed by atoms with Crippen molar-refractivity contribution in [3.8, 4) is 0 Å². The van der Waals surface area contributed by atoms with E-state index in [4.69, 9.17) is 4.74 Å². The summed E-state index contributed by atoms with van der Waals surface area (Å²) in [5.41, 5.74) is 1.77. The lowest BCUT2D eigenvalue weighted by atomic mass is 10.1. The van der Waals surface area contributed by atoms with Gasteiger partial charge in [0.2, 0.25) is 5.91 Å². The number of carbonyl (C=O) groups excluding carboxylic acids is 2. The van der Waals surface area contributed by atoms with E-state index in [9.17, 15) is 9.59 Å². The Kier molecular flexibility index (Phi) is 5.68. The lowest BCUT2D eigenvalue weighted by molar-refractivity contribution is -0.116. The zero-order valence-electron chi connectivity index (χ0n) is 13.1. The molecule has 120 valence electrons. The molecule has 1 aromatic carbocycles. The topological polar surface area (TPSA) is 80.3 Å². The van der Waals surface area contributed by atoms with E-state index in [-0.39, 0.29) is 5.91 Å². The SMILES string of the molecule is CCCC(=O)Nc1ccc(Nc2ccccc2C(=O)OC)cn1. The molecule has 0 radical (unpaired) electrons. The number of para-hydroxylation sites is 1. The zero-order valence-corrected chi connectivity index (χ0v) is 13.1. The summed E-state index contributed by atoms with van der Waals surface area (Å²) in [6.07, 6.45) is 2.85. The van der Waals surface area contributed by atoms with E-state index in [1.807, 2.05) is 13.0 Å². The second-order valence-corrected chi connectivity index (χ2v) is 4.89. The third-order valence-corrected chi connectivity index (χ3v) is 3.12. The van der Waals surface area contributed by atoms with Crippen LogP contribution >= 0.6 is 0 Å². The van der Waals surface area contributed by atoms with Gasteiger partial charge < -0.3 is 15.4 Å². The van der Waals surface area contributed by atoms with Gasteiger partial charge in [0.15, 0.2) is 0 Å². The molecular weight excluding hydrogens is 294 g/mol. The molecule has 23 heavy (non-hydrogen) atoms. The number of rotatable bonds is 6. The van der Waals surface area contributed by atoms with E-state index in [1.54, 1.807) is 36.5 Å². The number of amides is 1. The fraction of sp³-hybridized carbons (Fsp3) is 0.235. The maximum Gasteiger partial charge on any atom is 0.339 e. The Morgan fingerprint density at radius 2 is 1.96 bits per heavy atom. The van der Waals surface area contributed by atoms with Crippen LogP contribution in [0.2, 0.25) is 0 Å². The molecule has 1 aromatic heterocycles. The fourth-order valence-corrected chi connectivity index (χ4v) is 2.01. The number of nitrogens with zero attached hydrogens (tertiary/aromatic N) is 1. The second kappa shape index (κ2) is 7.93. The summed E-state index contributed by atoms with van der Waals surface area (Å²) in [4.78, 5) is 27.4. The maximum absolute atomic E-state index is 11.7. The first-order chi connectivity index (χ1) is 11.1. The minimum absolute atomic E-state index is 0.0586. The molecule has 0 bridgehead atoms. The maximum atomic E-state index is 11.7. The number of esters is 1. The van der Waals surface area contributed by atoms with E-state index >= 15 is 0 Å². The highest BCUT2D eigenvalue weighted by atomic mass is 16.5. The van der Waals surface area contributed by atoms with Crippen molar-refractivity contribution in [2.45, 2.75) is 19.8 Å². The molecule has 6 nitrogen and oxygen atoms in total. The minimum atomic E-state index is -0.412. The highest BCUT2D eigenvalue weighted by molar-refractivity contribution is 5.96. The molecule has 0 atom stereocenters. The van der Waals surface area contributed by atoms with Crippen LogP contribution in [-0.2, 0) is 9.53 Å². The first-order valence-corrected chi connectivity index (χ1v) is 7.34. The quantitative estimate of drug-likeness (QED) is 0.799. The summed E-state index contributed by atoms with van der Waals surface area (Å²) >= 11 is 0. The van der Waals surface area contributed by atoms with Crippen LogP contribution in [-0.4, -0.2) is 24.0 Å². The van der Waals surface area contributed by atoms with Gasteiger partial charge in [-0.2, -0.15) is 0 Å². The van der Waals surface area contributed by atoms with Crippen molar-refractivity contribution >= 4 is 29.1 Å². The summed E-state index contributed by atoms with van der Waals surface area (Å²) in [5, 5.41) is 5.84. The average Bonchev–Trinajstić information content (AvgIpc) is 2.56. The molecule has 0 aliphatic carbocycles. The van der Waals surface area contributed by atoms with Gasteiger partial charge in [0.25, 0.3) is 0 Å². The van der Waals surface area contributed by atoms with Gasteiger partial charge in [-0.25, -0.2) is 9.78 Å². The van der Waals surface area contributed by atoms with Crippen LogP contribution in [0.5, 0.6) is 0 Å². The van der Waals surface area contributed by atoms with Crippen LogP contribution in [0.25, 0.3) is 0 Å². The number of carbonyl (C=O) groups is 2. The van der Waals surface area contributed by atoms with Gasteiger partial charge in [-0.15, -0.1) is 0 Å². The number of benzene rings is 1. The van der Waals surface area contributed by atoms with E-state index < -0.39 is 5.97 Å². The standard InChI is InChI=1S/C17H19N3O3/c1-3-6-16(21)20-15-10-9-12(11-18-15)19-14-8-5-4-7-13(14)17(22)23-2/h4-5,7-11,19H,3,6H2,1-2H3,(H,18,20,21). The minimum Gasteiger partial charge on any atom is -0.465 e. The molecule has 0 fully saturated rings. The molecule has 2 aromatic rings. The number of aromatic nitrogens is 1. The normalized spacial score (nSPS) is 10.0. The van der Waals surface area contributed by atoms with Crippen molar-refractivity contribution in [3.63, 3.8) is 0 Å². The van der Waals surface area contributed by atoms with Crippen LogP contribution in [0.4, 0.5) is 17.2 Å². The molecule has 0 unspecified atom stereocenters. The largest absolute Gasteiger partial charge is 0.465 e. The second-order valence-electron chi connectivity index (χ2n) is 4.89. The van der Waals surface area contributed by atoms with Crippen molar-refractivity contribution in [1.29, 1.82) is 0 Å². The number of hydrogen-bond acceptors (Lipinski definition) is 5. The Morgan fingerprint density at radius 3 is 2.61 bits per heavy atom. The molecule has 2 N–H and O–H groups in total. The highest BCUT2D eigenvalue weighted by Gasteiger charge is 2.11. The van der Waals surface area contributed by atoms with Gasteiger partial charge in [0.05, 0.1) is 30.2 Å². The van der Waals surface area contributed by atoms with Gasteiger partial charge in [-0.1, -0.05) is 19.1 Å². The Bertz CT molecular complexity index is 684. The molecule has 1 amide bonds. The summed E-state index contributed by atoms with van der Waals surface area (Å²) in [6, 6.07) is 10.5. The van der Waals surface area contributed by atoms with Crippen LogP contribution in [0.15, 0.2) is 42.6 Å². The molecule has 0 spiro atoms. The molecule has 0 saturated carbocycles. The smallest absolute Gasteiger partial charge is 0.339 e. The van der Waals surface area contributed by atoms with Gasteiger partial charge in [0, 0.05) is 6.42 Å². The van der Waals surface area contributed by atoms with Crippen LogP contribution in [0.3, 0.4) is 0 Å². The summed E-state index contributed by atoms with van der Waals surface area (Å²) in [7, 11) is 1.34. The van der Waals surface area contributed by atoms with Crippen molar-refractivity contribution < 1.29 is 14.3 Å². The van der Waals surface area contributed by atoms with E-state index in [0.717, 1.165) is 6.42 Å². The Morgan fingerprint density at radius 1 is 1.17 bits per heavy atom. The average molecular weight is 313 g/mol. The molecule has 0 aliphatic heterocycles. The molecule has 0 aliphatic rings. The highest BCUT2D eigenvalue weighted by Crippen LogP contribution is 2.21. The number of anilines is 3. The van der Waals surface area contributed by atoms with Crippen molar-refractivity contribution in [2.24, 2.45) is 0 Å². The number of ether oxygens (including phenoxy) is 1. The van der Waals surface area contributed by atoms with Gasteiger partial charge in [0.1, 0.15) is 5.82 Å². The first-order valence-electron chi connectivity index (χ1n) is 7.34. The molecule has 6 heteroatoms. The monoisotopic (exact) mass is 313 g/mol. The fourth-order valence-electron chi connectivity index (χ4n) is 2.01. The van der Waals surface area contributed by atoms with Crippen molar-refractivity contribution in [2.75, 3.05) is 17.7 Å². The van der Waals surface area contributed by atoms with E-state index in [0.29, 0.717) is 29.2 Å². The molecule has 1 heterocycles. The number of nitrogens with one attached hydrogen (secondary N) is 2. The van der Waals surface area contributed by atoms with Gasteiger partial charge >= 0.3 is 5.97 Å². The van der Waals surface area contributed by atoms with E-state index in [1.165, 1.54) is 7.11 Å².